The monoisotopic (exact) mass is 197 g/mol. The van der Waals surface area contributed by atoms with Crippen molar-refractivity contribution >= 4 is 23.1 Å². The lowest BCUT2D eigenvalue weighted by Gasteiger charge is -2.06. The molecule has 1 rings (SSSR count). The maximum absolute atomic E-state index is 11.6. The Hall–Kier alpha value is -1.02. The lowest BCUT2D eigenvalue weighted by atomic mass is 10.0. The van der Waals surface area contributed by atoms with Gasteiger partial charge in [-0.05, 0) is 18.2 Å². The highest BCUT2D eigenvalue weighted by atomic mass is 35.5. The molecular weight excluding hydrogens is 186 g/mol. The average molecular weight is 198 g/mol. The predicted molar refractivity (Wildman–Crippen MR) is 55.0 cm³/mol. The molecule has 2 nitrogen and oxygen atoms in total. The van der Waals surface area contributed by atoms with E-state index in [0.717, 1.165) is 0 Å². The van der Waals surface area contributed by atoms with E-state index in [1.807, 2.05) is 13.8 Å². The summed E-state index contributed by atoms with van der Waals surface area (Å²) in [6, 6.07) is 4.94. The van der Waals surface area contributed by atoms with Crippen LogP contribution in [0.3, 0.4) is 0 Å². The van der Waals surface area contributed by atoms with Gasteiger partial charge in [0.1, 0.15) is 0 Å². The molecule has 3 heteroatoms. The third-order valence-electron chi connectivity index (χ3n) is 1.78. The van der Waals surface area contributed by atoms with Gasteiger partial charge in [0.25, 0.3) is 0 Å². The number of nitrogens with two attached hydrogens (primary N) is 1. The van der Waals surface area contributed by atoms with Crippen molar-refractivity contribution in [3.63, 3.8) is 0 Å². The van der Waals surface area contributed by atoms with Crippen molar-refractivity contribution in [1.82, 2.24) is 0 Å². The van der Waals surface area contributed by atoms with Crippen LogP contribution in [0, 0.1) is 5.92 Å². The van der Waals surface area contributed by atoms with Gasteiger partial charge in [-0.15, -0.1) is 0 Å². The number of carbonyl (C=O) groups excluding carboxylic acids is 1. The molecule has 0 amide bonds. The molecular formula is C10H12ClNO. The Balaban J connectivity index is 3.09. The molecule has 0 radical (unpaired) electrons. The summed E-state index contributed by atoms with van der Waals surface area (Å²) in [5.74, 6) is 0.00567. The zero-order valence-corrected chi connectivity index (χ0v) is 8.43. The van der Waals surface area contributed by atoms with Gasteiger partial charge in [0.2, 0.25) is 0 Å². The zero-order chi connectivity index (χ0) is 10.0. The standard InChI is InChI=1S/C10H12ClNO/c1-6(2)10(13)8-4-3-7(12)5-9(8)11/h3-6H,12H2,1-2H3. The second kappa shape index (κ2) is 3.79. The smallest absolute Gasteiger partial charge is 0.166 e. The first-order valence-corrected chi connectivity index (χ1v) is 4.49. The fourth-order valence-electron chi connectivity index (χ4n) is 1.04. The molecule has 70 valence electrons. The van der Waals surface area contributed by atoms with Crippen LogP contribution in [0.15, 0.2) is 18.2 Å². The van der Waals surface area contributed by atoms with Gasteiger partial charge in [-0.3, -0.25) is 4.79 Å². The molecule has 2 N–H and O–H groups in total. The van der Waals surface area contributed by atoms with Crippen molar-refractivity contribution in [2.24, 2.45) is 5.92 Å². The van der Waals surface area contributed by atoms with E-state index in [9.17, 15) is 4.79 Å². The number of ketones is 1. The molecule has 0 unspecified atom stereocenters. The van der Waals surface area contributed by atoms with Crippen LogP contribution in [-0.4, -0.2) is 5.78 Å². The number of rotatable bonds is 2. The van der Waals surface area contributed by atoms with Gasteiger partial charge in [-0.2, -0.15) is 0 Å². The Kier molecular flexibility index (Phi) is 2.94. The van der Waals surface area contributed by atoms with E-state index >= 15 is 0 Å². The number of hydrogen-bond donors (Lipinski definition) is 1. The van der Waals surface area contributed by atoms with E-state index in [2.05, 4.69) is 0 Å². The lowest BCUT2D eigenvalue weighted by molar-refractivity contribution is 0.0939. The first kappa shape index (κ1) is 10.1. The van der Waals surface area contributed by atoms with Crippen LogP contribution in [-0.2, 0) is 0 Å². The molecule has 0 atom stereocenters. The van der Waals surface area contributed by atoms with Crippen LogP contribution in [0.1, 0.15) is 24.2 Å². The van der Waals surface area contributed by atoms with Gasteiger partial charge in [-0.1, -0.05) is 25.4 Å². The van der Waals surface area contributed by atoms with Crippen LogP contribution >= 0.6 is 11.6 Å². The minimum atomic E-state index is -0.0406. The molecule has 0 heterocycles. The van der Waals surface area contributed by atoms with Crippen LogP contribution in [0.5, 0.6) is 0 Å². The Morgan fingerprint density at radius 3 is 2.54 bits per heavy atom. The van der Waals surface area contributed by atoms with Crippen LogP contribution in [0.4, 0.5) is 5.69 Å². The molecule has 0 aliphatic rings. The fraction of sp³-hybridized carbons (Fsp3) is 0.300. The van der Waals surface area contributed by atoms with Crippen LogP contribution in [0.2, 0.25) is 5.02 Å². The molecule has 0 fully saturated rings. The first-order valence-electron chi connectivity index (χ1n) is 4.11. The second-order valence-corrected chi connectivity index (χ2v) is 3.67. The molecule has 1 aromatic rings. The number of halogens is 1. The summed E-state index contributed by atoms with van der Waals surface area (Å²) >= 11 is 5.87. The van der Waals surface area contributed by atoms with E-state index < -0.39 is 0 Å². The summed E-state index contributed by atoms with van der Waals surface area (Å²) < 4.78 is 0. The highest BCUT2D eigenvalue weighted by molar-refractivity contribution is 6.34. The van der Waals surface area contributed by atoms with Gasteiger partial charge < -0.3 is 5.73 Å². The normalized spacial score (nSPS) is 10.5. The quantitative estimate of drug-likeness (QED) is 0.585. The summed E-state index contributed by atoms with van der Waals surface area (Å²) in [6.45, 7) is 3.68. The molecule has 0 saturated carbocycles. The molecule has 0 aromatic heterocycles. The number of nitrogen functional groups attached to an aromatic ring is 1. The van der Waals surface area contributed by atoms with Crippen molar-refractivity contribution in [3.05, 3.63) is 28.8 Å². The fourth-order valence-corrected chi connectivity index (χ4v) is 1.32. The number of benzene rings is 1. The van der Waals surface area contributed by atoms with E-state index in [0.29, 0.717) is 16.3 Å². The van der Waals surface area contributed by atoms with Gasteiger partial charge in [-0.25, -0.2) is 0 Å². The first-order chi connectivity index (χ1) is 6.02. The molecule has 0 spiro atoms. The largest absolute Gasteiger partial charge is 0.399 e. The Labute approximate surface area is 82.7 Å². The van der Waals surface area contributed by atoms with Crippen molar-refractivity contribution in [3.8, 4) is 0 Å². The Bertz CT molecular complexity index is 334. The van der Waals surface area contributed by atoms with E-state index in [4.69, 9.17) is 17.3 Å². The molecule has 1 aromatic carbocycles. The summed E-state index contributed by atoms with van der Waals surface area (Å²) in [5.41, 5.74) is 6.63. The van der Waals surface area contributed by atoms with Gasteiger partial charge >= 0.3 is 0 Å². The summed E-state index contributed by atoms with van der Waals surface area (Å²) in [4.78, 5) is 11.6. The second-order valence-electron chi connectivity index (χ2n) is 3.26. The maximum Gasteiger partial charge on any atom is 0.166 e. The molecule has 0 saturated heterocycles. The van der Waals surface area contributed by atoms with Crippen molar-refractivity contribution in [2.75, 3.05) is 5.73 Å². The highest BCUT2D eigenvalue weighted by Crippen LogP contribution is 2.21. The maximum atomic E-state index is 11.6. The molecule has 0 aliphatic heterocycles. The summed E-state index contributed by atoms with van der Waals surface area (Å²) in [6.07, 6.45) is 0. The van der Waals surface area contributed by atoms with Gasteiger partial charge in [0.05, 0.1) is 5.02 Å². The van der Waals surface area contributed by atoms with Crippen LogP contribution in [0.25, 0.3) is 0 Å². The van der Waals surface area contributed by atoms with Crippen molar-refractivity contribution < 1.29 is 4.79 Å². The zero-order valence-electron chi connectivity index (χ0n) is 7.67. The minimum absolute atomic E-state index is 0.0406. The lowest BCUT2D eigenvalue weighted by Crippen LogP contribution is -2.08. The number of Topliss-reactive ketones (excluding diaryl/α,β-unsaturated/α-hetero) is 1. The topological polar surface area (TPSA) is 43.1 Å². The third-order valence-corrected chi connectivity index (χ3v) is 2.10. The molecule has 0 aliphatic carbocycles. The summed E-state index contributed by atoms with van der Waals surface area (Å²) in [5, 5.41) is 0.429. The Morgan fingerprint density at radius 1 is 1.46 bits per heavy atom. The number of hydrogen-bond acceptors (Lipinski definition) is 2. The van der Waals surface area contributed by atoms with E-state index in [1.165, 1.54) is 0 Å². The molecule has 13 heavy (non-hydrogen) atoms. The SMILES string of the molecule is CC(C)C(=O)c1ccc(N)cc1Cl. The Morgan fingerprint density at radius 2 is 2.08 bits per heavy atom. The average Bonchev–Trinajstić information content (AvgIpc) is 2.03. The van der Waals surface area contributed by atoms with Crippen LogP contribution < -0.4 is 5.73 Å². The van der Waals surface area contributed by atoms with Crippen molar-refractivity contribution in [1.29, 1.82) is 0 Å². The third kappa shape index (κ3) is 2.22. The number of anilines is 1. The summed E-state index contributed by atoms with van der Waals surface area (Å²) in [7, 11) is 0. The van der Waals surface area contributed by atoms with Crippen molar-refractivity contribution in [2.45, 2.75) is 13.8 Å². The molecule has 0 bridgehead atoms. The van der Waals surface area contributed by atoms with Gasteiger partial charge in [0.15, 0.2) is 5.78 Å². The minimum Gasteiger partial charge on any atom is -0.399 e. The van der Waals surface area contributed by atoms with E-state index in [-0.39, 0.29) is 11.7 Å². The number of carbonyl (C=O) groups is 1. The van der Waals surface area contributed by atoms with Gasteiger partial charge in [0, 0.05) is 17.2 Å². The van der Waals surface area contributed by atoms with E-state index in [1.54, 1.807) is 18.2 Å². The highest BCUT2D eigenvalue weighted by Gasteiger charge is 2.13. The predicted octanol–water partition coefficient (Wildman–Crippen LogP) is 2.76.